The van der Waals surface area contributed by atoms with Crippen molar-refractivity contribution in [1.29, 1.82) is 0 Å². The summed E-state index contributed by atoms with van der Waals surface area (Å²) in [5, 5.41) is 2.29. The van der Waals surface area contributed by atoms with E-state index in [1.807, 2.05) is 0 Å². The number of nitrogens with one attached hydrogen (secondary N) is 1. The maximum Gasteiger partial charge on any atom is 0.407 e. The van der Waals surface area contributed by atoms with Crippen molar-refractivity contribution in [3.63, 3.8) is 0 Å². The summed E-state index contributed by atoms with van der Waals surface area (Å²) in [5.41, 5.74) is -0.200. The molecule has 1 heterocycles. The lowest BCUT2D eigenvalue weighted by Gasteiger charge is -2.24. The van der Waals surface area contributed by atoms with Gasteiger partial charge >= 0.3 is 6.09 Å². The van der Waals surface area contributed by atoms with Gasteiger partial charge < -0.3 is 10.1 Å². The van der Waals surface area contributed by atoms with Gasteiger partial charge in [-0.2, -0.15) is 0 Å². The highest BCUT2D eigenvalue weighted by molar-refractivity contribution is 5.68. The summed E-state index contributed by atoms with van der Waals surface area (Å²) < 4.78 is 43.8. The lowest BCUT2D eigenvalue weighted by atomic mass is 10.0. The van der Waals surface area contributed by atoms with Gasteiger partial charge in [-0.15, -0.1) is 0 Å². The van der Waals surface area contributed by atoms with Gasteiger partial charge in [0, 0.05) is 18.1 Å². The topological polar surface area (TPSA) is 38.3 Å². The Balaban J connectivity index is 2.35. The van der Waals surface area contributed by atoms with Gasteiger partial charge in [0.1, 0.15) is 5.82 Å². The minimum atomic E-state index is -1.27. The Hall–Kier alpha value is -1.72. The molecule has 1 amide bonds. The van der Waals surface area contributed by atoms with Crippen LogP contribution in [0.1, 0.15) is 18.0 Å². The minimum Gasteiger partial charge on any atom is -0.449 e. The first kappa shape index (κ1) is 10.8. The van der Waals surface area contributed by atoms with Gasteiger partial charge in [0.15, 0.2) is 11.6 Å². The van der Waals surface area contributed by atoms with Crippen LogP contribution in [0.5, 0.6) is 0 Å². The lowest BCUT2D eigenvalue weighted by molar-refractivity contribution is 0.114. The molecule has 0 spiro atoms. The van der Waals surface area contributed by atoms with Crippen molar-refractivity contribution < 1.29 is 22.7 Å². The summed E-state index contributed by atoms with van der Waals surface area (Å²) in [6.45, 7) is 0.0913. The Kier molecular flexibility index (Phi) is 2.72. The van der Waals surface area contributed by atoms with E-state index in [0.29, 0.717) is 6.07 Å². The lowest BCUT2D eigenvalue weighted by Crippen LogP contribution is -2.35. The molecule has 1 aliphatic heterocycles. The molecule has 6 heteroatoms. The fraction of sp³-hybridized carbons (Fsp3) is 0.300. The molecule has 1 atom stereocenters. The van der Waals surface area contributed by atoms with Crippen LogP contribution in [0.2, 0.25) is 0 Å². The smallest absolute Gasteiger partial charge is 0.407 e. The number of halogens is 3. The molecule has 0 radical (unpaired) electrons. The van der Waals surface area contributed by atoms with E-state index >= 15 is 0 Å². The van der Waals surface area contributed by atoms with Gasteiger partial charge in [0.05, 0.1) is 12.6 Å². The molecule has 1 saturated heterocycles. The normalized spacial score (nSPS) is 20.2. The average molecular weight is 231 g/mol. The van der Waals surface area contributed by atoms with E-state index in [1.165, 1.54) is 0 Å². The van der Waals surface area contributed by atoms with Crippen molar-refractivity contribution in [2.75, 3.05) is 6.61 Å². The minimum absolute atomic E-state index is 0.0913. The van der Waals surface area contributed by atoms with E-state index in [0.717, 1.165) is 6.07 Å². The molecule has 1 aromatic rings. The molecule has 1 fully saturated rings. The fourth-order valence-corrected chi connectivity index (χ4v) is 1.59. The Morgan fingerprint density at radius 2 is 2.06 bits per heavy atom. The van der Waals surface area contributed by atoms with Gasteiger partial charge in [-0.25, -0.2) is 18.0 Å². The molecule has 0 unspecified atom stereocenters. The van der Waals surface area contributed by atoms with Crippen molar-refractivity contribution >= 4 is 6.09 Å². The first-order chi connectivity index (χ1) is 7.58. The van der Waals surface area contributed by atoms with Crippen LogP contribution in [-0.2, 0) is 4.74 Å². The van der Waals surface area contributed by atoms with Crippen LogP contribution in [0, 0.1) is 17.5 Å². The Morgan fingerprint density at radius 1 is 1.31 bits per heavy atom. The zero-order valence-corrected chi connectivity index (χ0v) is 8.10. The van der Waals surface area contributed by atoms with Gasteiger partial charge in [-0.1, -0.05) is 0 Å². The molecule has 86 valence electrons. The Labute approximate surface area is 89.2 Å². The number of amides is 1. The summed E-state index contributed by atoms with van der Waals surface area (Å²) in [6, 6.07) is 0.570. The van der Waals surface area contributed by atoms with Gasteiger partial charge in [0.25, 0.3) is 0 Å². The molecule has 3 nitrogen and oxygen atoms in total. The van der Waals surface area contributed by atoms with Crippen molar-refractivity contribution in [1.82, 2.24) is 5.32 Å². The highest BCUT2D eigenvalue weighted by Crippen LogP contribution is 2.25. The van der Waals surface area contributed by atoms with E-state index < -0.39 is 29.6 Å². The standard InChI is InChI=1S/C10H8F3NO2/c11-5-3-6(9(13)7(12)4-5)8-1-2-16-10(15)14-8/h3-4,8H,1-2H2,(H,14,15)/t8-/m1/s1. The Bertz CT molecular complexity index is 436. The fourth-order valence-electron chi connectivity index (χ4n) is 1.59. The largest absolute Gasteiger partial charge is 0.449 e. The quantitative estimate of drug-likeness (QED) is 0.753. The maximum atomic E-state index is 13.4. The second-order valence-corrected chi connectivity index (χ2v) is 3.41. The number of carbonyl (C=O) groups is 1. The summed E-state index contributed by atoms with van der Waals surface area (Å²) >= 11 is 0. The van der Waals surface area contributed by atoms with Gasteiger partial charge in [-0.3, -0.25) is 0 Å². The summed E-state index contributed by atoms with van der Waals surface area (Å²) in [6.07, 6.45) is -0.453. The highest BCUT2D eigenvalue weighted by atomic mass is 19.2. The molecule has 16 heavy (non-hydrogen) atoms. The first-order valence-corrected chi connectivity index (χ1v) is 4.65. The van der Waals surface area contributed by atoms with E-state index in [2.05, 4.69) is 10.1 Å². The number of rotatable bonds is 1. The maximum absolute atomic E-state index is 13.4. The summed E-state index contributed by atoms with van der Waals surface area (Å²) in [4.78, 5) is 10.9. The van der Waals surface area contributed by atoms with Crippen molar-refractivity contribution in [2.45, 2.75) is 12.5 Å². The molecule has 1 aliphatic rings. The first-order valence-electron chi connectivity index (χ1n) is 4.65. The van der Waals surface area contributed by atoms with E-state index in [1.54, 1.807) is 0 Å². The number of carbonyl (C=O) groups excluding carboxylic acids is 1. The summed E-state index contributed by atoms with van der Waals surface area (Å²) in [7, 11) is 0. The highest BCUT2D eigenvalue weighted by Gasteiger charge is 2.25. The third kappa shape index (κ3) is 1.95. The number of cyclic esters (lactones) is 1. The zero-order valence-electron chi connectivity index (χ0n) is 8.10. The number of hydrogen-bond donors (Lipinski definition) is 1. The zero-order chi connectivity index (χ0) is 11.7. The summed E-state index contributed by atoms with van der Waals surface area (Å²) in [5.74, 6) is -3.29. The third-order valence-electron chi connectivity index (χ3n) is 2.33. The van der Waals surface area contributed by atoms with Crippen LogP contribution in [-0.4, -0.2) is 12.7 Å². The monoisotopic (exact) mass is 231 g/mol. The van der Waals surface area contributed by atoms with Crippen LogP contribution in [0.3, 0.4) is 0 Å². The average Bonchev–Trinajstić information content (AvgIpc) is 2.23. The van der Waals surface area contributed by atoms with E-state index in [4.69, 9.17) is 0 Å². The van der Waals surface area contributed by atoms with Crippen molar-refractivity contribution in [3.8, 4) is 0 Å². The van der Waals surface area contributed by atoms with Crippen molar-refractivity contribution in [3.05, 3.63) is 35.1 Å². The predicted octanol–water partition coefficient (Wildman–Crippen LogP) is 2.27. The van der Waals surface area contributed by atoms with Crippen molar-refractivity contribution in [2.24, 2.45) is 0 Å². The molecule has 1 aromatic carbocycles. The van der Waals surface area contributed by atoms with Gasteiger partial charge in [-0.05, 0) is 6.07 Å². The number of alkyl carbamates (subject to hydrolysis) is 1. The second-order valence-electron chi connectivity index (χ2n) is 3.41. The SMILES string of the molecule is O=C1N[C@@H](c2cc(F)cc(F)c2F)CCO1. The Morgan fingerprint density at radius 3 is 2.75 bits per heavy atom. The second kappa shape index (κ2) is 4.03. The van der Waals surface area contributed by atoms with Crippen LogP contribution in [0.25, 0.3) is 0 Å². The van der Waals surface area contributed by atoms with Crippen LogP contribution in [0.4, 0.5) is 18.0 Å². The molecule has 0 bridgehead atoms. The molecular weight excluding hydrogens is 223 g/mol. The molecule has 2 rings (SSSR count). The molecule has 1 N–H and O–H groups in total. The molecule has 0 aromatic heterocycles. The third-order valence-corrected chi connectivity index (χ3v) is 2.33. The number of ether oxygens (including phenoxy) is 1. The van der Waals surface area contributed by atoms with E-state index in [-0.39, 0.29) is 18.6 Å². The van der Waals surface area contributed by atoms with E-state index in [9.17, 15) is 18.0 Å². The predicted molar refractivity (Wildman–Crippen MR) is 48.2 cm³/mol. The molecule has 0 saturated carbocycles. The van der Waals surface area contributed by atoms with Crippen LogP contribution < -0.4 is 5.32 Å². The number of benzene rings is 1. The van der Waals surface area contributed by atoms with Crippen LogP contribution >= 0.6 is 0 Å². The van der Waals surface area contributed by atoms with Crippen LogP contribution in [0.15, 0.2) is 12.1 Å². The number of hydrogen-bond acceptors (Lipinski definition) is 2. The molecular formula is C10H8F3NO2. The van der Waals surface area contributed by atoms with Gasteiger partial charge in [0.2, 0.25) is 0 Å². The molecule has 0 aliphatic carbocycles.